The van der Waals surface area contributed by atoms with E-state index in [4.69, 9.17) is 4.74 Å². The Morgan fingerprint density at radius 1 is 1.39 bits per heavy atom. The van der Waals surface area contributed by atoms with Crippen molar-refractivity contribution in [2.45, 2.75) is 32.3 Å². The number of benzene rings is 1. The lowest BCUT2D eigenvalue weighted by atomic mass is 10.1. The summed E-state index contributed by atoms with van der Waals surface area (Å²) in [6, 6.07) is 8.21. The lowest BCUT2D eigenvalue weighted by Crippen LogP contribution is -2.25. The molecule has 2 rings (SSSR count). The van der Waals surface area contributed by atoms with Gasteiger partial charge in [0.05, 0.1) is 12.7 Å². The molecule has 0 heterocycles. The van der Waals surface area contributed by atoms with E-state index in [0.717, 1.165) is 24.6 Å². The van der Waals surface area contributed by atoms with Gasteiger partial charge in [-0.2, -0.15) is 0 Å². The molecule has 1 aliphatic rings. The predicted octanol–water partition coefficient (Wildman–Crippen LogP) is 2.45. The molecule has 3 heteroatoms. The van der Waals surface area contributed by atoms with E-state index >= 15 is 0 Å². The van der Waals surface area contributed by atoms with Gasteiger partial charge in [-0.15, -0.1) is 0 Å². The number of rotatable bonds is 8. The molecule has 0 saturated heterocycles. The van der Waals surface area contributed by atoms with Crippen LogP contribution in [-0.4, -0.2) is 31.0 Å². The Kier molecular flexibility index (Phi) is 5.02. The van der Waals surface area contributed by atoms with E-state index in [1.165, 1.54) is 18.4 Å². The van der Waals surface area contributed by atoms with Crippen LogP contribution in [0.5, 0.6) is 0 Å². The number of aliphatic hydroxyl groups excluding tert-OH is 1. The van der Waals surface area contributed by atoms with E-state index in [-0.39, 0.29) is 0 Å². The molecule has 0 radical (unpaired) electrons. The van der Waals surface area contributed by atoms with E-state index in [2.05, 4.69) is 24.4 Å². The maximum absolute atomic E-state index is 9.82. The normalized spacial score (nSPS) is 16.6. The van der Waals surface area contributed by atoms with Crippen molar-refractivity contribution in [3.8, 4) is 0 Å². The van der Waals surface area contributed by atoms with Gasteiger partial charge in [0.1, 0.15) is 0 Å². The molecule has 0 amide bonds. The van der Waals surface area contributed by atoms with Gasteiger partial charge in [0.2, 0.25) is 0 Å². The van der Waals surface area contributed by atoms with Crippen LogP contribution in [0.1, 0.15) is 25.3 Å². The van der Waals surface area contributed by atoms with E-state index in [1.54, 1.807) is 0 Å². The zero-order valence-electron chi connectivity index (χ0n) is 11.1. The SMILES string of the molecule is CCc1ccccc1NCC(O)COCC1CC1. The van der Waals surface area contributed by atoms with Crippen LogP contribution >= 0.6 is 0 Å². The van der Waals surface area contributed by atoms with Gasteiger partial charge in [0, 0.05) is 18.8 Å². The van der Waals surface area contributed by atoms with Gasteiger partial charge in [-0.1, -0.05) is 25.1 Å². The van der Waals surface area contributed by atoms with Crippen molar-refractivity contribution in [1.82, 2.24) is 0 Å². The van der Waals surface area contributed by atoms with Gasteiger partial charge in [0.15, 0.2) is 0 Å². The third-order valence-corrected chi connectivity index (χ3v) is 3.29. The minimum absolute atomic E-state index is 0.428. The fraction of sp³-hybridized carbons (Fsp3) is 0.600. The van der Waals surface area contributed by atoms with Gasteiger partial charge in [-0.05, 0) is 36.8 Å². The molecule has 0 aliphatic heterocycles. The third-order valence-electron chi connectivity index (χ3n) is 3.29. The van der Waals surface area contributed by atoms with E-state index in [0.29, 0.717) is 13.2 Å². The Morgan fingerprint density at radius 3 is 2.89 bits per heavy atom. The molecule has 1 saturated carbocycles. The number of aryl methyl sites for hydroxylation is 1. The molecule has 0 aromatic heterocycles. The molecule has 0 bridgehead atoms. The first-order valence-electron chi connectivity index (χ1n) is 6.87. The van der Waals surface area contributed by atoms with Crippen LogP contribution in [0.4, 0.5) is 5.69 Å². The van der Waals surface area contributed by atoms with Crippen LogP contribution in [0.2, 0.25) is 0 Å². The second-order valence-corrected chi connectivity index (χ2v) is 5.03. The summed E-state index contributed by atoms with van der Waals surface area (Å²) in [5, 5.41) is 13.1. The van der Waals surface area contributed by atoms with Crippen molar-refractivity contribution >= 4 is 5.69 Å². The molecule has 100 valence electrons. The first-order valence-corrected chi connectivity index (χ1v) is 6.87. The van der Waals surface area contributed by atoms with Crippen LogP contribution in [0, 0.1) is 5.92 Å². The zero-order chi connectivity index (χ0) is 12.8. The van der Waals surface area contributed by atoms with Crippen molar-refractivity contribution in [3.05, 3.63) is 29.8 Å². The molecular weight excluding hydrogens is 226 g/mol. The number of nitrogens with one attached hydrogen (secondary N) is 1. The maximum Gasteiger partial charge on any atom is 0.0945 e. The van der Waals surface area contributed by atoms with Gasteiger partial charge in [0.25, 0.3) is 0 Å². The summed E-state index contributed by atoms with van der Waals surface area (Å²) in [7, 11) is 0. The van der Waals surface area contributed by atoms with Crippen molar-refractivity contribution < 1.29 is 9.84 Å². The first kappa shape index (κ1) is 13.4. The smallest absolute Gasteiger partial charge is 0.0945 e. The summed E-state index contributed by atoms with van der Waals surface area (Å²) in [6.07, 6.45) is 3.14. The third kappa shape index (κ3) is 4.31. The minimum Gasteiger partial charge on any atom is -0.389 e. The second kappa shape index (κ2) is 6.76. The topological polar surface area (TPSA) is 41.5 Å². The van der Waals surface area contributed by atoms with Crippen LogP contribution in [0.15, 0.2) is 24.3 Å². The maximum atomic E-state index is 9.82. The molecule has 0 spiro atoms. The molecule has 1 fully saturated rings. The molecule has 1 unspecified atom stereocenters. The molecular formula is C15H23NO2. The predicted molar refractivity (Wildman–Crippen MR) is 73.9 cm³/mol. The molecule has 2 N–H and O–H groups in total. The van der Waals surface area contributed by atoms with Gasteiger partial charge >= 0.3 is 0 Å². The molecule has 3 nitrogen and oxygen atoms in total. The number of para-hydroxylation sites is 1. The van der Waals surface area contributed by atoms with Crippen LogP contribution in [-0.2, 0) is 11.2 Å². The average molecular weight is 249 g/mol. The molecule has 1 aliphatic carbocycles. The summed E-state index contributed by atoms with van der Waals surface area (Å²) in [5.41, 5.74) is 2.39. The Bertz CT molecular complexity index is 363. The van der Waals surface area contributed by atoms with Gasteiger partial charge < -0.3 is 15.2 Å². The highest BCUT2D eigenvalue weighted by molar-refractivity contribution is 5.51. The van der Waals surface area contributed by atoms with Crippen molar-refractivity contribution in [2.24, 2.45) is 5.92 Å². The summed E-state index contributed by atoms with van der Waals surface area (Å²) >= 11 is 0. The lowest BCUT2D eigenvalue weighted by molar-refractivity contribution is 0.0386. The van der Waals surface area contributed by atoms with Gasteiger partial charge in [-0.3, -0.25) is 0 Å². The fourth-order valence-corrected chi connectivity index (χ4v) is 1.94. The zero-order valence-corrected chi connectivity index (χ0v) is 11.1. The largest absolute Gasteiger partial charge is 0.389 e. The Morgan fingerprint density at radius 2 is 2.17 bits per heavy atom. The number of aliphatic hydroxyl groups is 1. The minimum atomic E-state index is -0.436. The van der Waals surface area contributed by atoms with Crippen LogP contribution < -0.4 is 5.32 Å². The number of hydrogen-bond acceptors (Lipinski definition) is 3. The van der Waals surface area contributed by atoms with Gasteiger partial charge in [-0.25, -0.2) is 0 Å². The number of ether oxygens (including phenoxy) is 1. The summed E-state index contributed by atoms with van der Waals surface area (Å²) in [4.78, 5) is 0. The number of hydrogen-bond donors (Lipinski definition) is 2. The number of anilines is 1. The highest BCUT2D eigenvalue weighted by atomic mass is 16.5. The van der Waals surface area contributed by atoms with E-state index in [9.17, 15) is 5.11 Å². The fourth-order valence-electron chi connectivity index (χ4n) is 1.94. The Balaban J connectivity index is 1.68. The molecule has 1 aromatic carbocycles. The van der Waals surface area contributed by atoms with E-state index < -0.39 is 6.10 Å². The first-order chi connectivity index (χ1) is 8.79. The Hall–Kier alpha value is -1.06. The van der Waals surface area contributed by atoms with Crippen molar-refractivity contribution in [1.29, 1.82) is 0 Å². The highest BCUT2D eigenvalue weighted by Crippen LogP contribution is 2.28. The van der Waals surface area contributed by atoms with Crippen LogP contribution in [0.25, 0.3) is 0 Å². The lowest BCUT2D eigenvalue weighted by Gasteiger charge is -2.15. The summed E-state index contributed by atoms with van der Waals surface area (Å²) in [5.74, 6) is 0.756. The van der Waals surface area contributed by atoms with Crippen molar-refractivity contribution in [3.63, 3.8) is 0 Å². The standard InChI is InChI=1S/C15H23NO2/c1-2-13-5-3-4-6-15(13)16-9-14(17)11-18-10-12-7-8-12/h3-6,12,14,16-17H,2,7-11H2,1H3. The van der Waals surface area contributed by atoms with Crippen LogP contribution in [0.3, 0.4) is 0 Å². The molecule has 1 aromatic rings. The quantitative estimate of drug-likeness (QED) is 0.743. The molecule has 18 heavy (non-hydrogen) atoms. The summed E-state index contributed by atoms with van der Waals surface area (Å²) in [6.45, 7) is 3.91. The molecule has 1 atom stereocenters. The van der Waals surface area contributed by atoms with E-state index in [1.807, 2.05) is 12.1 Å². The Labute approximate surface area is 109 Å². The highest BCUT2D eigenvalue weighted by Gasteiger charge is 2.21. The monoisotopic (exact) mass is 249 g/mol. The van der Waals surface area contributed by atoms with Crippen molar-refractivity contribution in [2.75, 3.05) is 25.1 Å². The summed E-state index contributed by atoms with van der Waals surface area (Å²) < 4.78 is 5.47. The average Bonchev–Trinajstić information content (AvgIpc) is 3.21. The second-order valence-electron chi connectivity index (χ2n) is 5.03.